The lowest BCUT2D eigenvalue weighted by Gasteiger charge is -2.39. The van der Waals surface area contributed by atoms with Crippen molar-refractivity contribution in [3.63, 3.8) is 0 Å². The van der Waals surface area contributed by atoms with Crippen LogP contribution in [0.1, 0.15) is 47.0 Å². The van der Waals surface area contributed by atoms with E-state index in [4.69, 9.17) is 0 Å². The van der Waals surface area contributed by atoms with Crippen molar-refractivity contribution in [3.8, 4) is 0 Å². The average Bonchev–Trinajstić information content (AvgIpc) is 2.33. The Labute approximate surface area is 114 Å². The Bertz CT molecular complexity index is 206. The number of hydrogen-bond donors (Lipinski definition) is 1. The van der Waals surface area contributed by atoms with Crippen LogP contribution in [0, 0.1) is 0 Å². The molecule has 1 atom stereocenters. The Morgan fingerprint density at radius 3 is 2.56 bits per heavy atom. The van der Waals surface area contributed by atoms with Crippen LogP contribution in [0.25, 0.3) is 0 Å². The van der Waals surface area contributed by atoms with Crippen LogP contribution in [0.2, 0.25) is 0 Å². The first-order valence-corrected chi connectivity index (χ1v) is 7.83. The summed E-state index contributed by atoms with van der Waals surface area (Å²) in [6.07, 6.45) is 4.05. The fourth-order valence-corrected chi connectivity index (χ4v) is 2.77. The molecule has 108 valence electrons. The largest absolute Gasteiger partial charge is 0.315 e. The average molecular weight is 255 g/mol. The molecule has 0 aliphatic carbocycles. The van der Waals surface area contributed by atoms with E-state index < -0.39 is 0 Å². The van der Waals surface area contributed by atoms with Crippen molar-refractivity contribution in [1.29, 1.82) is 0 Å². The number of nitrogens with zero attached hydrogens (tertiary/aromatic N) is 2. The molecule has 0 bridgehead atoms. The van der Waals surface area contributed by atoms with Crippen LogP contribution in [0.5, 0.6) is 0 Å². The van der Waals surface area contributed by atoms with E-state index in [1.54, 1.807) is 0 Å². The highest BCUT2D eigenvalue weighted by Gasteiger charge is 2.21. The minimum Gasteiger partial charge on any atom is -0.315 e. The molecule has 0 aromatic heterocycles. The molecule has 3 nitrogen and oxygen atoms in total. The van der Waals surface area contributed by atoms with Gasteiger partial charge in [-0.1, -0.05) is 27.2 Å². The monoisotopic (exact) mass is 255 g/mol. The van der Waals surface area contributed by atoms with Gasteiger partial charge < -0.3 is 10.2 Å². The molecule has 0 radical (unpaired) electrons. The third-order valence-corrected chi connectivity index (χ3v) is 3.96. The zero-order valence-electron chi connectivity index (χ0n) is 12.9. The molecule has 3 heteroatoms. The summed E-state index contributed by atoms with van der Waals surface area (Å²) in [6, 6.07) is 1.37. The van der Waals surface area contributed by atoms with Crippen LogP contribution in [0.3, 0.4) is 0 Å². The van der Waals surface area contributed by atoms with Crippen molar-refractivity contribution >= 4 is 0 Å². The van der Waals surface area contributed by atoms with Gasteiger partial charge in [0.25, 0.3) is 0 Å². The molecular weight excluding hydrogens is 222 g/mol. The van der Waals surface area contributed by atoms with Crippen molar-refractivity contribution in [2.24, 2.45) is 0 Å². The summed E-state index contributed by atoms with van der Waals surface area (Å²) >= 11 is 0. The van der Waals surface area contributed by atoms with E-state index in [2.05, 4.69) is 42.8 Å². The standard InChI is InChI=1S/C15H33N3/c1-5-18-12-11-17(13-15(18)4)10-8-6-7-9-16-14(2)3/h14-16H,5-13H2,1-4H3. The molecule has 0 saturated carbocycles. The Balaban J connectivity index is 2.00. The van der Waals surface area contributed by atoms with E-state index in [-0.39, 0.29) is 0 Å². The van der Waals surface area contributed by atoms with Gasteiger partial charge in [0.1, 0.15) is 0 Å². The zero-order valence-corrected chi connectivity index (χ0v) is 12.9. The number of rotatable bonds is 8. The van der Waals surface area contributed by atoms with Gasteiger partial charge >= 0.3 is 0 Å². The number of likely N-dealkylation sites (N-methyl/N-ethyl adjacent to an activating group) is 1. The maximum atomic E-state index is 3.48. The topological polar surface area (TPSA) is 18.5 Å². The quantitative estimate of drug-likeness (QED) is 0.671. The van der Waals surface area contributed by atoms with Crippen LogP contribution in [-0.2, 0) is 0 Å². The van der Waals surface area contributed by atoms with Gasteiger partial charge in [0.15, 0.2) is 0 Å². The van der Waals surface area contributed by atoms with Gasteiger partial charge in [-0.15, -0.1) is 0 Å². The van der Waals surface area contributed by atoms with Gasteiger partial charge in [0.05, 0.1) is 0 Å². The number of hydrogen-bond acceptors (Lipinski definition) is 3. The van der Waals surface area contributed by atoms with Crippen molar-refractivity contribution in [3.05, 3.63) is 0 Å². The van der Waals surface area contributed by atoms with Gasteiger partial charge in [-0.25, -0.2) is 0 Å². The molecule has 1 saturated heterocycles. The third-order valence-electron chi connectivity index (χ3n) is 3.96. The number of nitrogens with one attached hydrogen (secondary N) is 1. The lowest BCUT2D eigenvalue weighted by atomic mass is 10.1. The molecule has 18 heavy (non-hydrogen) atoms. The molecule has 0 amide bonds. The summed E-state index contributed by atoms with van der Waals surface area (Å²) in [5.74, 6) is 0. The minimum absolute atomic E-state index is 0.632. The molecule has 1 aliphatic rings. The van der Waals surface area contributed by atoms with Gasteiger partial charge in [-0.2, -0.15) is 0 Å². The van der Waals surface area contributed by atoms with Gasteiger partial charge in [0, 0.05) is 31.7 Å². The summed E-state index contributed by atoms with van der Waals surface area (Å²) in [5, 5.41) is 3.48. The van der Waals surface area contributed by atoms with E-state index in [1.165, 1.54) is 58.5 Å². The first-order chi connectivity index (χ1) is 8.63. The Hall–Kier alpha value is -0.120. The van der Waals surface area contributed by atoms with E-state index in [0.717, 1.165) is 6.04 Å². The van der Waals surface area contributed by atoms with E-state index in [1.807, 2.05) is 0 Å². The van der Waals surface area contributed by atoms with Crippen molar-refractivity contribution in [2.45, 2.75) is 59.0 Å². The maximum Gasteiger partial charge on any atom is 0.0195 e. The minimum atomic E-state index is 0.632. The smallest absolute Gasteiger partial charge is 0.0195 e. The molecule has 1 fully saturated rings. The molecule has 1 rings (SSSR count). The summed E-state index contributed by atoms with van der Waals surface area (Å²) in [6.45, 7) is 16.5. The van der Waals surface area contributed by atoms with E-state index in [0.29, 0.717) is 6.04 Å². The molecule has 0 aromatic rings. The fraction of sp³-hybridized carbons (Fsp3) is 1.00. The van der Waals surface area contributed by atoms with Crippen molar-refractivity contribution < 1.29 is 0 Å². The second-order valence-electron chi connectivity index (χ2n) is 5.95. The van der Waals surface area contributed by atoms with Crippen LogP contribution < -0.4 is 5.32 Å². The molecule has 1 N–H and O–H groups in total. The lowest BCUT2D eigenvalue weighted by molar-refractivity contribution is 0.0869. The van der Waals surface area contributed by atoms with Crippen molar-refractivity contribution in [2.75, 3.05) is 39.3 Å². The summed E-state index contributed by atoms with van der Waals surface area (Å²) < 4.78 is 0. The van der Waals surface area contributed by atoms with Crippen molar-refractivity contribution in [1.82, 2.24) is 15.1 Å². The normalized spacial score (nSPS) is 22.8. The first kappa shape index (κ1) is 15.9. The predicted molar refractivity (Wildman–Crippen MR) is 80.1 cm³/mol. The van der Waals surface area contributed by atoms with Crippen LogP contribution >= 0.6 is 0 Å². The molecule has 0 spiro atoms. The Morgan fingerprint density at radius 2 is 1.94 bits per heavy atom. The van der Waals surface area contributed by atoms with Crippen LogP contribution in [0.15, 0.2) is 0 Å². The van der Waals surface area contributed by atoms with Gasteiger partial charge in [-0.05, 0) is 39.4 Å². The number of piperazine rings is 1. The van der Waals surface area contributed by atoms with Crippen LogP contribution in [0.4, 0.5) is 0 Å². The third kappa shape index (κ3) is 6.17. The van der Waals surface area contributed by atoms with E-state index >= 15 is 0 Å². The maximum absolute atomic E-state index is 3.48. The second kappa shape index (κ2) is 8.89. The summed E-state index contributed by atoms with van der Waals surface area (Å²) in [5.41, 5.74) is 0. The fourth-order valence-electron chi connectivity index (χ4n) is 2.77. The number of unbranched alkanes of at least 4 members (excludes halogenated alkanes) is 2. The molecule has 1 heterocycles. The molecule has 1 unspecified atom stereocenters. The molecular formula is C15H33N3. The Morgan fingerprint density at radius 1 is 1.17 bits per heavy atom. The SMILES string of the molecule is CCN1CCN(CCCCCNC(C)C)CC1C. The summed E-state index contributed by atoms with van der Waals surface area (Å²) in [7, 11) is 0. The summed E-state index contributed by atoms with van der Waals surface area (Å²) in [4.78, 5) is 5.23. The molecule has 1 aliphatic heterocycles. The molecule has 0 aromatic carbocycles. The van der Waals surface area contributed by atoms with Gasteiger partial charge in [0.2, 0.25) is 0 Å². The highest BCUT2D eigenvalue weighted by molar-refractivity contribution is 4.78. The van der Waals surface area contributed by atoms with E-state index in [9.17, 15) is 0 Å². The predicted octanol–water partition coefficient (Wildman–Crippen LogP) is 2.18. The highest BCUT2D eigenvalue weighted by Crippen LogP contribution is 2.10. The highest BCUT2D eigenvalue weighted by atomic mass is 15.3. The Kier molecular flexibility index (Phi) is 7.87. The first-order valence-electron chi connectivity index (χ1n) is 7.83. The second-order valence-corrected chi connectivity index (χ2v) is 5.95. The lowest BCUT2D eigenvalue weighted by Crippen LogP contribution is -2.51. The van der Waals surface area contributed by atoms with Crippen LogP contribution in [-0.4, -0.2) is 61.2 Å². The zero-order chi connectivity index (χ0) is 13.4. The van der Waals surface area contributed by atoms with Gasteiger partial charge in [-0.3, -0.25) is 4.90 Å².